The largest absolute Gasteiger partial charge is 0.329 e. The third-order valence-electron chi connectivity index (χ3n) is 1.98. The molecule has 0 unspecified atom stereocenters. The summed E-state index contributed by atoms with van der Waals surface area (Å²) in [5.41, 5.74) is 7.06. The fourth-order valence-electron chi connectivity index (χ4n) is 1.39. The van der Waals surface area contributed by atoms with Crippen LogP contribution in [0.5, 0.6) is 0 Å². The maximum atomic E-state index is 5.59. The first kappa shape index (κ1) is 7.19. The van der Waals surface area contributed by atoms with E-state index in [4.69, 9.17) is 5.73 Å². The maximum absolute atomic E-state index is 5.59. The smallest absolute Gasteiger partial charge is 0.0258 e. The molecule has 0 saturated heterocycles. The predicted octanol–water partition coefficient (Wildman–Crippen LogP) is 1.66. The van der Waals surface area contributed by atoms with Crippen molar-refractivity contribution >= 4 is 11.8 Å². The van der Waals surface area contributed by atoms with Crippen LogP contribution >= 0.6 is 11.8 Å². The number of fused-ring (bicyclic) bond motifs is 1. The lowest BCUT2D eigenvalue weighted by Gasteiger charge is -2.00. The molecule has 0 saturated carbocycles. The SMILES string of the molecule is NC[C@@H]1Cc2ccccc2S1. The van der Waals surface area contributed by atoms with E-state index in [1.807, 2.05) is 11.8 Å². The van der Waals surface area contributed by atoms with E-state index >= 15 is 0 Å². The van der Waals surface area contributed by atoms with Crippen molar-refractivity contribution in [2.75, 3.05) is 6.54 Å². The molecule has 1 nitrogen and oxygen atoms in total. The molecule has 0 bridgehead atoms. The summed E-state index contributed by atoms with van der Waals surface area (Å²) in [5.74, 6) is 0. The van der Waals surface area contributed by atoms with Gasteiger partial charge in [-0.3, -0.25) is 0 Å². The van der Waals surface area contributed by atoms with Gasteiger partial charge in [-0.25, -0.2) is 0 Å². The minimum absolute atomic E-state index is 0.618. The molecule has 0 spiro atoms. The van der Waals surface area contributed by atoms with Crippen LogP contribution in [-0.4, -0.2) is 11.8 Å². The maximum Gasteiger partial charge on any atom is 0.0258 e. The summed E-state index contributed by atoms with van der Waals surface area (Å²) in [7, 11) is 0. The van der Waals surface area contributed by atoms with Gasteiger partial charge >= 0.3 is 0 Å². The van der Waals surface area contributed by atoms with Gasteiger partial charge < -0.3 is 5.73 Å². The second-order valence-electron chi connectivity index (χ2n) is 2.79. The molecule has 1 atom stereocenters. The molecule has 58 valence electrons. The Morgan fingerprint density at radius 1 is 1.45 bits per heavy atom. The highest BCUT2D eigenvalue weighted by Gasteiger charge is 2.19. The normalized spacial score (nSPS) is 21.7. The molecule has 1 aromatic carbocycles. The van der Waals surface area contributed by atoms with Gasteiger partial charge in [0.05, 0.1) is 0 Å². The Labute approximate surface area is 71.0 Å². The number of hydrogen-bond donors (Lipinski definition) is 1. The molecule has 1 aromatic rings. The van der Waals surface area contributed by atoms with Crippen LogP contribution in [-0.2, 0) is 6.42 Å². The van der Waals surface area contributed by atoms with Crippen LogP contribution in [0.1, 0.15) is 5.56 Å². The fourth-order valence-corrected chi connectivity index (χ4v) is 2.56. The zero-order chi connectivity index (χ0) is 7.68. The molecule has 2 N–H and O–H groups in total. The number of hydrogen-bond acceptors (Lipinski definition) is 2. The monoisotopic (exact) mass is 165 g/mol. The van der Waals surface area contributed by atoms with E-state index < -0.39 is 0 Å². The van der Waals surface area contributed by atoms with Crippen molar-refractivity contribution in [1.82, 2.24) is 0 Å². The van der Waals surface area contributed by atoms with Gasteiger partial charge in [-0.15, -0.1) is 11.8 Å². The number of benzene rings is 1. The topological polar surface area (TPSA) is 26.0 Å². The van der Waals surface area contributed by atoms with E-state index in [1.54, 1.807) is 0 Å². The highest BCUT2D eigenvalue weighted by Crippen LogP contribution is 2.35. The molecule has 2 heteroatoms. The first-order valence-electron chi connectivity index (χ1n) is 3.85. The zero-order valence-corrected chi connectivity index (χ0v) is 7.10. The fraction of sp³-hybridized carbons (Fsp3) is 0.333. The molecule has 1 aliphatic rings. The average molecular weight is 165 g/mol. The Hall–Kier alpha value is -0.470. The third kappa shape index (κ3) is 1.28. The first-order chi connectivity index (χ1) is 5.40. The van der Waals surface area contributed by atoms with Crippen LogP contribution < -0.4 is 5.73 Å². The Morgan fingerprint density at radius 2 is 2.27 bits per heavy atom. The van der Waals surface area contributed by atoms with Crippen molar-refractivity contribution in [2.45, 2.75) is 16.6 Å². The van der Waals surface area contributed by atoms with Crippen molar-refractivity contribution in [1.29, 1.82) is 0 Å². The third-order valence-corrected chi connectivity index (χ3v) is 3.32. The quantitative estimate of drug-likeness (QED) is 0.685. The van der Waals surface area contributed by atoms with Crippen molar-refractivity contribution < 1.29 is 0 Å². The van der Waals surface area contributed by atoms with Crippen molar-refractivity contribution in [3.05, 3.63) is 29.8 Å². The standard InChI is InChI=1S/C9H11NS/c10-6-8-5-7-3-1-2-4-9(7)11-8/h1-4,8H,5-6,10H2/t8-/m0/s1. The van der Waals surface area contributed by atoms with Crippen LogP contribution in [0.25, 0.3) is 0 Å². The van der Waals surface area contributed by atoms with Crippen molar-refractivity contribution in [3.63, 3.8) is 0 Å². The van der Waals surface area contributed by atoms with E-state index in [9.17, 15) is 0 Å². The van der Waals surface area contributed by atoms with Gasteiger partial charge in [-0.2, -0.15) is 0 Å². The summed E-state index contributed by atoms with van der Waals surface area (Å²) in [6.45, 7) is 0.791. The predicted molar refractivity (Wildman–Crippen MR) is 48.8 cm³/mol. The van der Waals surface area contributed by atoms with Crippen LogP contribution in [0, 0.1) is 0 Å². The molecule has 2 rings (SSSR count). The molecule has 0 radical (unpaired) electrons. The van der Waals surface area contributed by atoms with Crippen LogP contribution in [0.15, 0.2) is 29.2 Å². The Morgan fingerprint density at radius 3 is 3.00 bits per heavy atom. The molecule has 11 heavy (non-hydrogen) atoms. The Kier molecular flexibility index (Phi) is 1.88. The molecule has 0 aliphatic carbocycles. The van der Waals surface area contributed by atoms with E-state index in [0.29, 0.717) is 5.25 Å². The summed E-state index contributed by atoms with van der Waals surface area (Å²) in [6.07, 6.45) is 1.15. The number of rotatable bonds is 1. The van der Waals surface area contributed by atoms with Gasteiger partial charge in [0.1, 0.15) is 0 Å². The van der Waals surface area contributed by atoms with E-state index in [-0.39, 0.29) is 0 Å². The summed E-state index contributed by atoms with van der Waals surface area (Å²) in [4.78, 5) is 1.42. The second kappa shape index (κ2) is 2.88. The lowest BCUT2D eigenvalue weighted by molar-refractivity contribution is 0.867. The molecule has 0 amide bonds. The molecule has 0 aromatic heterocycles. The van der Waals surface area contributed by atoms with Crippen molar-refractivity contribution in [2.24, 2.45) is 5.73 Å². The van der Waals surface area contributed by atoms with Gasteiger partial charge in [0, 0.05) is 16.7 Å². The number of thioether (sulfide) groups is 1. The molecule has 1 heterocycles. The van der Waals surface area contributed by atoms with E-state index in [2.05, 4.69) is 24.3 Å². The second-order valence-corrected chi connectivity index (χ2v) is 4.13. The van der Waals surface area contributed by atoms with Gasteiger partial charge in [-0.1, -0.05) is 18.2 Å². The average Bonchev–Trinajstić information content (AvgIpc) is 2.46. The van der Waals surface area contributed by atoms with Crippen LogP contribution in [0.2, 0.25) is 0 Å². The minimum Gasteiger partial charge on any atom is -0.329 e. The van der Waals surface area contributed by atoms with E-state index in [0.717, 1.165) is 13.0 Å². The molecule has 0 fully saturated rings. The van der Waals surface area contributed by atoms with E-state index in [1.165, 1.54) is 10.5 Å². The van der Waals surface area contributed by atoms with Gasteiger partial charge in [0.2, 0.25) is 0 Å². The summed E-state index contributed by atoms with van der Waals surface area (Å²) in [6, 6.07) is 8.55. The lowest BCUT2D eigenvalue weighted by atomic mass is 10.1. The molecule has 1 aliphatic heterocycles. The molecular formula is C9H11NS. The highest BCUT2D eigenvalue weighted by molar-refractivity contribution is 8.00. The van der Waals surface area contributed by atoms with Crippen LogP contribution in [0.4, 0.5) is 0 Å². The number of nitrogens with two attached hydrogens (primary N) is 1. The highest BCUT2D eigenvalue weighted by atomic mass is 32.2. The Bertz CT molecular complexity index is 234. The summed E-state index contributed by atoms with van der Waals surface area (Å²) >= 11 is 1.91. The lowest BCUT2D eigenvalue weighted by Crippen LogP contribution is -2.15. The van der Waals surface area contributed by atoms with Gasteiger partial charge in [0.15, 0.2) is 0 Å². The van der Waals surface area contributed by atoms with Crippen molar-refractivity contribution in [3.8, 4) is 0 Å². The van der Waals surface area contributed by atoms with Gasteiger partial charge in [0.25, 0.3) is 0 Å². The molecular weight excluding hydrogens is 154 g/mol. The zero-order valence-electron chi connectivity index (χ0n) is 6.29. The Balaban J connectivity index is 2.27. The van der Waals surface area contributed by atoms with Gasteiger partial charge in [-0.05, 0) is 18.1 Å². The first-order valence-corrected chi connectivity index (χ1v) is 4.73. The summed E-state index contributed by atoms with van der Waals surface area (Å²) < 4.78 is 0. The summed E-state index contributed by atoms with van der Waals surface area (Å²) in [5, 5.41) is 0.618. The van der Waals surface area contributed by atoms with Crippen LogP contribution in [0.3, 0.4) is 0 Å². The minimum atomic E-state index is 0.618.